The summed E-state index contributed by atoms with van der Waals surface area (Å²) in [5.74, 6) is 0. The van der Waals surface area contributed by atoms with Gasteiger partial charge in [-0.3, -0.25) is 4.57 Å². The molecule has 0 atom stereocenters. The number of rotatable bonds is 4. The van der Waals surface area contributed by atoms with Crippen molar-refractivity contribution in [2.45, 2.75) is 0 Å². The van der Waals surface area contributed by atoms with Gasteiger partial charge in [-0.15, -0.1) is 0 Å². The zero-order chi connectivity index (χ0) is 14.5. The Bertz CT molecular complexity index is 463. The summed E-state index contributed by atoms with van der Waals surface area (Å²) >= 11 is 0. The number of nitrogens with one attached hydrogen (secondary N) is 3. The van der Waals surface area contributed by atoms with Gasteiger partial charge >= 0.3 is 7.59 Å². The molecule has 3 rings (SSSR count). The third kappa shape index (κ3) is 3.47. The average Bonchev–Trinajstić information content (AvgIpc) is 2.57. The molecule has 2 aliphatic heterocycles. The quantitative estimate of drug-likeness (QED) is 0.722. The monoisotopic (exact) mass is 309 g/mol. The van der Waals surface area contributed by atoms with Crippen LogP contribution >= 0.6 is 7.59 Å². The molecule has 6 nitrogen and oxygen atoms in total. The molecular formula is C14H24N5OP. The lowest BCUT2D eigenvalue weighted by Gasteiger charge is -2.42. The van der Waals surface area contributed by atoms with Crippen molar-refractivity contribution in [1.82, 2.24) is 20.0 Å². The SMILES string of the molecule is O=P(Nc1ccccc1)(N1CCNCC1)N1CCNCC1. The molecule has 0 spiro atoms. The fourth-order valence-corrected chi connectivity index (χ4v) is 5.46. The predicted molar refractivity (Wildman–Crippen MR) is 86.6 cm³/mol. The second-order valence-electron chi connectivity index (χ2n) is 5.43. The van der Waals surface area contributed by atoms with E-state index in [1.807, 2.05) is 30.3 Å². The molecule has 21 heavy (non-hydrogen) atoms. The normalized spacial score (nSPS) is 22.1. The first-order valence-electron chi connectivity index (χ1n) is 7.65. The lowest BCUT2D eigenvalue weighted by atomic mass is 10.3. The molecule has 3 N–H and O–H groups in total. The van der Waals surface area contributed by atoms with Crippen molar-refractivity contribution in [3.63, 3.8) is 0 Å². The van der Waals surface area contributed by atoms with E-state index in [-0.39, 0.29) is 0 Å². The van der Waals surface area contributed by atoms with E-state index in [9.17, 15) is 4.57 Å². The van der Waals surface area contributed by atoms with Gasteiger partial charge in [-0.25, -0.2) is 9.34 Å². The summed E-state index contributed by atoms with van der Waals surface area (Å²) < 4.78 is 18.0. The van der Waals surface area contributed by atoms with E-state index in [2.05, 4.69) is 25.1 Å². The smallest absolute Gasteiger partial charge is 0.308 e. The number of piperazine rings is 2. The van der Waals surface area contributed by atoms with Gasteiger partial charge in [-0.05, 0) is 12.1 Å². The zero-order valence-electron chi connectivity index (χ0n) is 12.3. The van der Waals surface area contributed by atoms with Crippen molar-refractivity contribution < 1.29 is 4.57 Å². The highest BCUT2D eigenvalue weighted by Gasteiger charge is 2.38. The lowest BCUT2D eigenvalue weighted by Crippen LogP contribution is -2.50. The van der Waals surface area contributed by atoms with Gasteiger partial charge in [0.1, 0.15) is 0 Å². The molecule has 1 aromatic carbocycles. The van der Waals surface area contributed by atoms with Crippen LogP contribution in [0.2, 0.25) is 0 Å². The fraction of sp³-hybridized carbons (Fsp3) is 0.571. The van der Waals surface area contributed by atoms with Gasteiger partial charge < -0.3 is 15.7 Å². The van der Waals surface area contributed by atoms with Crippen LogP contribution in [0.1, 0.15) is 0 Å². The number of nitrogens with zero attached hydrogens (tertiary/aromatic N) is 2. The lowest BCUT2D eigenvalue weighted by molar-refractivity contribution is 0.292. The molecular weight excluding hydrogens is 285 g/mol. The Balaban J connectivity index is 1.83. The zero-order valence-corrected chi connectivity index (χ0v) is 13.2. The first kappa shape index (κ1) is 15.0. The molecule has 116 valence electrons. The molecule has 0 radical (unpaired) electrons. The highest BCUT2D eigenvalue weighted by atomic mass is 31.2. The molecule has 2 heterocycles. The number of hydrogen-bond acceptors (Lipinski definition) is 3. The van der Waals surface area contributed by atoms with Crippen molar-refractivity contribution in [3.8, 4) is 0 Å². The van der Waals surface area contributed by atoms with Crippen molar-refractivity contribution >= 4 is 13.3 Å². The first-order chi connectivity index (χ1) is 10.3. The van der Waals surface area contributed by atoms with Gasteiger partial charge in [0.25, 0.3) is 0 Å². The second-order valence-corrected chi connectivity index (χ2v) is 7.87. The van der Waals surface area contributed by atoms with Crippen molar-refractivity contribution in [2.24, 2.45) is 0 Å². The Hall–Kier alpha value is -0.910. The van der Waals surface area contributed by atoms with E-state index >= 15 is 0 Å². The summed E-state index contributed by atoms with van der Waals surface area (Å²) in [4.78, 5) is 0. The Kier molecular flexibility index (Phi) is 4.93. The van der Waals surface area contributed by atoms with Crippen LogP contribution in [-0.2, 0) is 4.57 Å². The van der Waals surface area contributed by atoms with Gasteiger partial charge in [-0.1, -0.05) is 18.2 Å². The van der Waals surface area contributed by atoms with Gasteiger partial charge in [0, 0.05) is 58.0 Å². The average molecular weight is 309 g/mol. The summed E-state index contributed by atoms with van der Waals surface area (Å²) in [5, 5.41) is 10.0. The Labute approximate surface area is 126 Å². The van der Waals surface area contributed by atoms with Crippen LogP contribution in [-0.4, -0.2) is 61.7 Å². The van der Waals surface area contributed by atoms with Crippen molar-refractivity contribution in [2.75, 3.05) is 57.4 Å². The van der Waals surface area contributed by atoms with Crippen molar-refractivity contribution in [1.29, 1.82) is 0 Å². The molecule has 1 aromatic rings. The Morgan fingerprint density at radius 1 is 0.857 bits per heavy atom. The van der Waals surface area contributed by atoms with Crippen LogP contribution in [0.25, 0.3) is 0 Å². The number of hydrogen-bond donors (Lipinski definition) is 3. The standard InChI is InChI=1S/C14H24N5OP/c20-21(18-10-6-15-7-11-18,19-12-8-16-9-13-19)17-14-4-2-1-3-5-14/h1-5,15-16H,6-13H2,(H,17,20). The van der Waals surface area contributed by atoms with Crippen LogP contribution in [0, 0.1) is 0 Å². The minimum atomic E-state index is -2.76. The molecule has 0 unspecified atom stereocenters. The molecule has 0 amide bonds. The molecule has 0 bridgehead atoms. The molecule has 0 aliphatic carbocycles. The fourth-order valence-electron chi connectivity index (χ4n) is 2.85. The maximum Gasteiger partial charge on any atom is 0.308 e. The Morgan fingerprint density at radius 3 is 1.81 bits per heavy atom. The van der Waals surface area contributed by atoms with E-state index in [0.29, 0.717) is 0 Å². The molecule has 2 fully saturated rings. The molecule has 2 saturated heterocycles. The third-order valence-corrected chi connectivity index (χ3v) is 6.89. The highest BCUT2D eigenvalue weighted by molar-refractivity contribution is 7.60. The molecule has 0 aromatic heterocycles. The second kappa shape index (κ2) is 6.90. The summed E-state index contributed by atoms with van der Waals surface area (Å²) in [5.41, 5.74) is 0.929. The first-order valence-corrected chi connectivity index (χ1v) is 9.26. The number of benzene rings is 1. The third-order valence-electron chi connectivity index (χ3n) is 4.00. The maximum atomic E-state index is 13.8. The van der Waals surface area contributed by atoms with Crippen LogP contribution in [0.3, 0.4) is 0 Å². The van der Waals surface area contributed by atoms with Crippen LogP contribution in [0.15, 0.2) is 30.3 Å². The van der Waals surface area contributed by atoms with Crippen LogP contribution < -0.4 is 15.7 Å². The minimum Gasteiger partial charge on any atom is -0.314 e. The topological polar surface area (TPSA) is 59.6 Å². The number of anilines is 1. The van der Waals surface area contributed by atoms with E-state index in [1.54, 1.807) is 0 Å². The van der Waals surface area contributed by atoms with Gasteiger partial charge in [0.05, 0.1) is 0 Å². The Morgan fingerprint density at radius 2 is 1.33 bits per heavy atom. The summed E-state index contributed by atoms with van der Waals surface area (Å²) in [6, 6.07) is 9.89. The summed E-state index contributed by atoms with van der Waals surface area (Å²) in [6.45, 7) is 6.86. The van der Waals surface area contributed by atoms with Crippen LogP contribution in [0.5, 0.6) is 0 Å². The molecule has 7 heteroatoms. The summed E-state index contributed by atoms with van der Waals surface area (Å²) in [6.07, 6.45) is 0. The van der Waals surface area contributed by atoms with E-state index < -0.39 is 7.59 Å². The van der Waals surface area contributed by atoms with Gasteiger partial charge in [0.2, 0.25) is 0 Å². The highest BCUT2D eigenvalue weighted by Crippen LogP contribution is 2.52. The van der Waals surface area contributed by atoms with E-state index in [4.69, 9.17) is 0 Å². The molecule has 2 aliphatic rings. The minimum absolute atomic E-state index is 0.820. The maximum absolute atomic E-state index is 13.8. The van der Waals surface area contributed by atoms with E-state index in [0.717, 1.165) is 58.0 Å². The number of para-hydroxylation sites is 1. The van der Waals surface area contributed by atoms with Crippen LogP contribution in [0.4, 0.5) is 5.69 Å². The molecule has 0 saturated carbocycles. The van der Waals surface area contributed by atoms with Gasteiger partial charge in [-0.2, -0.15) is 0 Å². The van der Waals surface area contributed by atoms with Crippen molar-refractivity contribution in [3.05, 3.63) is 30.3 Å². The van der Waals surface area contributed by atoms with E-state index in [1.165, 1.54) is 0 Å². The van der Waals surface area contributed by atoms with Gasteiger partial charge in [0.15, 0.2) is 0 Å². The predicted octanol–water partition coefficient (Wildman–Crippen LogP) is 1.02. The summed E-state index contributed by atoms with van der Waals surface area (Å²) in [7, 11) is -2.76. The largest absolute Gasteiger partial charge is 0.314 e.